The Morgan fingerprint density at radius 1 is 1.43 bits per heavy atom. The number of rotatable bonds is 3. The Kier molecular flexibility index (Phi) is 3.47. The summed E-state index contributed by atoms with van der Waals surface area (Å²) in [6.45, 7) is 3.93. The van der Waals surface area contributed by atoms with Crippen LogP contribution in [0, 0.1) is 0 Å². The van der Waals surface area contributed by atoms with Crippen LogP contribution in [-0.4, -0.2) is 21.3 Å². The van der Waals surface area contributed by atoms with Gasteiger partial charge in [-0.1, -0.05) is 30.4 Å². The van der Waals surface area contributed by atoms with Crippen LogP contribution in [0.5, 0.6) is 0 Å². The molecule has 0 saturated heterocycles. The predicted molar refractivity (Wildman–Crippen MR) is 84.1 cm³/mol. The predicted octanol–water partition coefficient (Wildman–Crippen LogP) is 2.44. The molecule has 6 heteroatoms. The Labute approximate surface area is 125 Å². The molecule has 1 N–H and O–H groups in total. The summed E-state index contributed by atoms with van der Waals surface area (Å²) in [4.78, 5) is 29.8. The van der Waals surface area contributed by atoms with Crippen molar-refractivity contribution in [1.82, 2.24) is 14.7 Å². The molecule has 3 rings (SSSR count). The number of imidazole rings is 1. The molecule has 108 valence electrons. The maximum Gasteiger partial charge on any atom is 0.261 e. The number of para-hydroxylation sites is 2. The molecule has 0 bridgehead atoms. The largest absolute Gasteiger partial charge is 0.349 e. The number of benzene rings is 1. The first-order valence-electron chi connectivity index (χ1n) is 6.82. The lowest BCUT2D eigenvalue weighted by molar-refractivity contribution is 0.0943. The van der Waals surface area contributed by atoms with Crippen molar-refractivity contribution in [3.8, 4) is 0 Å². The summed E-state index contributed by atoms with van der Waals surface area (Å²) in [5.41, 5.74) is 1.29. The molecule has 5 nitrogen and oxygen atoms in total. The van der Waals surface area contributed by atoms with E-state index in [1.807, 2.05) is 38.1 Å². The molecule has 0 fully saturated rings. The van der Waals surface area contributed by atoms with Crippen LogP contribution < -0.4 is 10.9 Å². The topological polar surface area (TPSA) is 63.5 Å². The number of amides is 1. The minimum atomic E-state index is -0.230. The second kappa shape index (κ2) is 5.29. The summed E-state index contributed by atoms with van der Waals surface area (Å²) in [7, 11) is 0. The van der Waals surface area contributed by atoms with Crippen LogP contribution in [0.4, 0.5) is 0 Å². The molecule has 1 unspecified atom stereocenters. The average Bonchev–Trinajstić information content (AvgIpc) is 2.85. The number of carbonyl (C=O) groups excluding carboxylic acids is 1. The third kappa shape index (κ3) is 2.42. The van der Waals surface area contributed by atoms with Crippen molar-refractivity contribution < 1.29 is 4.79 Å². The number of nitrogens with zero attached hydrogens (tertiary/aromatic N) is 2. The fourth-order valence-electron chi connectivity index (χ4n) is 2.10. The third-order valence-electron chi connectivity index (χ3n) is 3.42. The molecule has 0 spiro atoms. The highest BCUT2D eigenvalue weighted by atomic mass is 32.1. The smallest absolute Gasteiger partial charge is 0.261 e. The molecule has 1 atom stereocenters. The fourth-order valence-corrected chi connectivity index (χ4v) is 3.03. The number of nitrogens with one attached hydrogen (secondary N) is 1. The number of hydrogen-bond acceptors (Lipinski definition) is 4. The van der Waals surface area contributed by atoms with Gasteiger partial charge in [0.05, 0.1) is 11.0 Å². The van der Waals surface area contributed by atoms with Gasteiger partial charge in [-0.05, 0) is 25.5 Å². The molecule has 2 aromatic heterocycles. The van der Waals surface area contributed by atoms with Crippen molar-refractivity contribution >= 4 is 33.2 Å². The lowest BCUT2D eigenvalue weighted by Crippen LogP contribution is -2.32. The van der Waals surface area contributed by atoms with Gasteiger partial charge >= 0.3 is 0 Å². The Balaban J connectivity index is 2.13. The first-order valence-corrected chi connectivity index (χ1v) is 7.64. The van der Waals surface area contributed by atoms with Crippen molar-refractivity contribution in [2.45, 2.75) is 26.3 Å². The van der Waals surface area contributed by atoms with Crippen LogP contribution >= 0.6 is 11.3 Å². The summed E-state index contributed by atoms with van der Waals surface area (Å²) < 4.78 is 1.54. The third-order valence-corrected chi connectivity index (χ3v) is 4.40. The summed E-state index contributed by atoms with van der Waals surface area (Å²) in [5.74, 6) is -0.221. The van der Waals surface area contributed by atoms with E-state index in [0.29, 0.717) is 9.84 Å². The van der Waals surface area contributed by atoms with E-state index in [1.165, 1.54) is 17.4 Å². The molecule has 3 aromatic rings. The molecular formula is C15H15N3O2S. The highest BCUT2D eigenvalue weighted by Crippen LogP contribution is 2.19. The lowest BCUT2D eigenvalue weighted by atomic mass is 10.2. The van der Waals surface area contributed by atoms with E-state index in [4.69, 9.17) is 0 Å². The number of aromatic nitrogens is 2. The molecule has 1 aromatic carbocycles. The maximum absolute atomic E-state index is 12.3. The second-order valence-electron chi connectivity index (χ2n) is 4.95. The Hall–Kier alpha value is -2.21. The molecule has 0 aliphatic carbocycles. The van der Waals surface area contributed by atoms with Gasteiger partial charge in [0.25, 0.3) is 11.5 Å². The zero-order chi connectivity index (χ0) is 15.0. The van der Waals surface area contributed by atoms with Crippen molar-refractivity contribution in [2.75, 3.05) is 0 Å². The van der Waals surface area contributed by atoms with E-state index in [2.05, 4.69) is 10.3 Å². The molecule has 1 amide bonds. The van der Waals surface area contributed by atoms with E-state index < -0.39 is 0 Å². The number of carbonyl (C=O) groups is 1. The van der Waals surface area contributed by atoms with Gasteiger partial charge in [-0.25, -0.2) is 4.98 Å². The number of fused-ring (bicyclic) bond motifs is 3. The monoisotopic (exact) mass is 301 g/mol. The quantitative estimate of drug-likeness (QED) is 0.808. The SMILES string of the molecule is CCC(C)NC(=O)c1cc(=O)n2c(nc3ccccc32)s1. The van der Waals surface area contributed by atoms with Crippen molar-refractivity contribution in [3.63, 3.8) is 0 Å². The highest BCUT2D eigenvalue weighted by molar-refractivity contribution is 7.18. The van der Waals surface area contributed by atoms with Crippen LogP contribution in [0.2, 0.25) is 0 Å². The molecule has 0 aliphatic rings. The van der Waals surface area contributed by atoms with Crippen molar-refractivity contribution in [3.05, 3.63) is 45.6 Å². The fraction of sp³-hybridized carbons (Fsp3) is 0.267. The maximum atomic E-state index is 12.3. The summed E-state index contributed by atoms with van der Waals surface area (Å²) in [6.07, 6.45) is 0.843. The minimum absolute atomic E-state index is 0.0786. The Morgan fingerprint density at radius 2 is 2.19 bits per heavy atom. The molecule has 21 heavy (non-hydrogen) atoms. The van der Waals surface area contributed by atoms with Gasteiger partial charge < -0.3 is 5.32 Å². The van der Waals surface area contributed by atoms with E-state index >= 15 is 0 Å². The standard InChI is InChI=1S/C15H15N3O2S/c1-3-9(2)16-14(20)12-8-13(19)18-11-7-5-4-6-10(11)17-15(18)21-12/h4-9H,3H2,1-2H3,(H,16,20). The lowest BCUT2D eigenvalue weighted by Gasteiger charge is -2.10. The van der Waals surface area contributed by atoms with Crippen molar-refractivity contribution in [2.24, 2.45) is 0 Å². The van der Waals surface area contributed by atoms with Crippen molar-refractivity contribution in [1.29, 1.82) is 0 Å². The molecule has 0 aliphatic heterocycles. The van der Waals surface area contributed by atoms with E-state index in [0.717, 1.165) is 17.5 Å². The molecular weight excluding hydrogens is 286 g/mol. The van der Waals surface area contributed by atoms with Crippen LogP contribution in [-0.2, 0) is 0 Å². The van der Waals surface area contributed by atoms with Gasteiger partial charge in [-0.2, -0.15) is 0 Å². The molecule has 2 heterocycles. The van der Waals surface area contributed by atoms with Crippen LogP contribution in [0.15, 0.2) is 35.1 Å². The second-order valence-corrected chi connectivity index (χ2v) is 5.96. The van der Waals surface area contributed by atoms with Gasteiger partial charge in [0, 0.05) is 12.1 Å². The van der Waals surface area contributed by atoms with Gasteiger partial charge in [0.2, 0.25) is 0 Å². The zero-order valence-electron chi connectivity index (χ0n) is 11.8. The highest BCUT2D eigenvalue weighted by Gasteiger charge is 2.14. The molecule has 0 radical (unpaired) electrons. The van der Waals surface area contributed by atoms with E-state index in [9.17, 15) is 9.59 Å². The van der Waals surface area contributed by atoms with Gasteiger partial charge in [-0.15, -0.1) is 0 Å². The zero-order valence-corrected chi connectivity index (χ0v) is 12.6. The summed E-state index contributed by atoms with van der Waals surface area (Å²) >= 11 is 1.23. The average molecular weight is 301 g/mol. The van der Waals surface area contributed by atoms with Gasteiger partial charge in [-0.3, -0.25) is 14.0 Å². The summed E-state index contributed by atoms with van der Waals surface area (Å²) in [5, 5.41) is 2.87. The van der Waals surface area contributed by atoms with Crippen LogP contribution in [0.3, 0.4) is 0 Å². The normalized spacial score (nSPS) is 12.7. The Morgan fingerprint density at radius 3 is 2.95 bits per heavy atom. The van der Waals surface area contributed by atoms with E-state index in [1.54, 1.807) is 4.40 Å². The Bertz CT molecular complexity index is 881. The number of hydrogen-bond donors (Lipinski definition) is 1. The van der Waals surface area contributed by atoms with Crippen LogP contribution in [0.25, 0.3) is 16.0 Å². The minimum Gasteiger partial charge on any atom is -0.349 e. The molecule has 0 saturated carbocycles. The van der Waals surface area contributed by atoms with Gasteiger partial charge in [0.1, 0.15) is 4.88 Å². The van der Waals surface area contributed by atoms with Crippen LogP contribution in [0.1, 0.15) is 29.9 Å². The first-order chi connectivity index (χ1) is 10.1. The van der Waals surface area contributed by atoms with Gasteiger partial charge in [0.15, 0.2) is 4.96 Å². The summed E-state index contributed by atoms with van der Waals surface area (Å²) in [6, 6.07) is 8.90. The first kappa shape index (κ1) is 13.8. The van der Waals surface area contributed by atoms with E-state index in [-0.39, 0.29) is 17.5 Å².